The highest BCUT2D eigenvalue weighted by atomic mass is 32.2. The lowest BCUT2D eigenvalue weighted by atomic mass is 10.2. The maximum atomic E-state index is 13.6. The topological polar surface area (TPSA) is 101 Å². The van der Waals surface area contributed by atoms with E-state index >= 15 is 0 Å². The minimum Gasteiger partial charge on any atom is -0.464 e. The molecule has 3 aromatic heterocycles. The van der Waals surface area contributed by atoms with E-state index in [4.69, 9.17) is 15.2 Å². The van der Waals surface area contributed by atoms with E-state index in [0.717, 1.165) is 21.5 Å². The number of esters is 2. The minimum atomic E-state index is -0.752. The highest BCUT2D eigenvalue weighted by Crippen LogP contribution is 2.41. The van der Waals surface area contributed by atoms with E-state index in [1.807, 2.05) is 35.0 Å². The first-order valence-electron chi connectivity index (χ1n) is 9.27. The molecule has 2 N–H and O–H groups in total. The van der Waals surface area contributed by atoms with Crippen LogP contribution in [0.2, 0.25) is 0 Å². The molecule has 0 amide bonds. The maximum absolute atomic E-state index is 13.6. The zero-order chi connectivity index (χ0) is 22.1. The number of hydrogen-bond acceptors (Lipinski definition) is 9. The third-order valence-corrected chi connectivity index (χ3v) is 7.81. The molecule has 0 aliphatic carbocycles. The maximum Gasteiger partial charge on any atom is 0.357 e. The molecule has 10 heteroatoms. The minimum absolute atomic E-state index is 0.0813. The summed E-state index contributed by atoms with van der Waals surface area (Å²) in [7, 11) is 1.22. The number of methoxy groups -OCH3 is 1. The summed E-state index contributed by atoms with van der Waals surface area (Å²) in [6, 6.07) is 7.40. The molecule has 1 aliphatic heterocycles. The van der Waals surface area contributed by atoms with Gasteiger partial charge in [-0.1, -0.05) is 23.9 Å². The lowest BCUT2D eigenvalue weighted by Crippen LogP contribution is -2.42. The summed E-state index contributed by atoms with van der Waals surface area (Å²) in [6.07, 6.45) is 1.76. The van der Waals surface area contributed by atoms with Crippen LogP contribution < -0.4 is 16.3 Å². The van der Waals surface area contributed by atoms with Crippen molar-refractivity contribution in [3.05, 3.63) is 61.0 Å². The van der Waals surface area contributed by atoms with Gasteiger partial charge in [0.05, 0.1) is 24.8 Å². The first kappa shape index (κ1) is 21.4. The molecule has 0 bridgehead atoms. The number of carbonyl (C=O) groups is 3. The Morgan fingerprint density at radius 1 is 1.19 bits per heavy atom. The fraction of sp³-hybridized carbons (Fsp3) is 0.190. The number of thiophene rings is 2. The van der Waals surface area contributed by atoms with E-state index in [9.17, 15) is 14.4 Å². The molecule has 0 saturated heterocycles. The lowest BCUT2D eigenvalue weighted by Gasteiger charge is -2.22. The molecule has 3 aromatic rings. The van der Waals surface area contributed by atoms with E-state index in [1.54, 1.807) is 13.0 Å². The highest BCUT2D eigenvalue weighted by Gasteiger charge is 2.38. The van der Waals surface area contributed by atoms with Gasteiger partial charge in [0.1, 0.15) is 10.2 Å². The van der Waals surface area contributed by atoms with Crippen LogP contribution >= 0.6 is 34.4 Å². The molecular formula is C21H18N2O5S3. The van der Waals surface area contributed by atoms with Crippen molar-refractivity contribution >= 4 is 68.9 Å². The molecule has 1 unspecified atom stereocenters. The number of nitrogens with two attached hydrogens (primary N) is 1. The molecule has 31 heavy (non-hydrogen) atoms. The Morgan fingerprint density at radius 3 is 2.55 bits per heavy atom. The van der Waals surface area contributed by atoms with Crippen LogP contribution in [0.25, 0.3) is 11.0 Å². The van der Waals surface area contributed by atoms with E-state index in [2.05, 4.69) is 0 Å². The van der Waals surface area contributed by atoms with Gasteiger partial charge in [-0.25, -0.2) is 9.59 Å². The summed E-state index contributed by atoms with van der Waals surface area (Å²) in [5.74, 6) is -1.69. The van der Waals surface area contributed by atoms with Gasteiger partial charge in [0, 0.05) is 15.0 Å². The van der Waals surface area contributed by atoms with E-state index in [-0.39, 0.29) is 34.1 Å². The Bertz CT molecular complexity index is 1270. The number of ether oxygens (including phenoxy) is 2. The predicted octanol–water partition coefficient (Wildman–Crippen LogP) is 2.61. The molecule has 160 valence electrons. The summed E-state index contributed by atoms with van der Waals surface area (Å²) in [5, 5.41) is 3.71. The fourth-order valence-corrected chi connectivity index (χ4v) is 6.08. The van der Waals surface area contributed by atoms with Crippen molar-refractivity contribution in [2.45, 2.75) is 12.2 Å². The molecule has 0 fully saturated rings. The Hall–Kier alpha value is -2.82. The predicted molar refractivity (Wildman–Crippen MR) is 123 cm³/mol. The normalized spacial score (nSPS) is 16.3. The van der Waals surface area contributed by atoms with Gasteiger partial charge >= 0.3 is 11.9 Å². The molecule has 1 aliphatic rings. The van der Waals surface area contributed by atoms with Crippen molar-refractivity contribution < 1.29 is 23.9 Å². The second kappa shape index (κ2) is 8.74. The second-order valence-corrected chi connectivity index (χ2v) is 9.49. The van der Waals surface area contributed by atoms with Crippen molar-refractivity contribution in [2.75, 3.05) is 19.5 Å². The largest absolute Gasteiger partial charge is 0.464 e. The summed E-state index contributed by atoms with van der Waals surface area (Å²) >= 11 is 3.98. The lowest BCUT2D eigenvalue weighted by molar-refractivity contribution is -0.135. The Kier molecular flexibility index (Phi) is 6.03. The third-order valence-electron chi connectivity index (χ3n) is 4.61. The summed E-state index contributed by atoms with van der Waals surface area (Å²) in [6.45, 7) is 1.88. The van der Waals surface area contributed by atoms with Crippen molar-refractivity contribution in [3.8, 4) is 0 Å². The number of anilines is 1. The molecule has 0 saturated carbocycles. The van der Waals surface area contributed by atoms with Crippen LogP contribution in [0.15, 0.2) is 35.0 Å². The zero-order valence-electron chi connectivity index (χ0n) is 16.6. The van der Waals surface area contributed by atoms with Gasteiger partial charge in [0.2, 0.25) is 0 Å². The number of nitrogen functional groups attached to an aromatic ring is 1. The number of rotatable bonds is 5. The van der Waals surface area contributed by atoms with Crippen molar-refractivity contribution in [3.63, 3.8) is 0 Å². The average Bonchev–Trinajstić information content (AvgIpc) is 3.51. The van der Waals surface area contributed by atoms with Gasteiger partial charge in [-0.3, -0.25) is 9.36 Å². The number of aromatic nitrogens is 1. The highest BCUT2D eigenvalue weighted by molar-refractivity contribution is 8.10. The quantitative estimate of drug-likeness (QED) is 0.567. The Balaban J connectivity index is 2.12. The SMILES string of the molecule is CCOC(=O)C1=c2/c(=C/c3cccs3)c(N)c(C(=O)OC)n2C(=O)C(c2cccs2)S1. The standard InChI is InChI=1S/C21H18N2O5S3/c1-3-28-21(26)18-15-12(10-11-6-4-8-29-11)14(22)16(20(25)27-2)23(15)19(24)17(31-18)13-7-5-9-30-13/h4-10,17H,3,22H2,1-2H3/b12-10+. The molecule has 0 aromatic carbocycles. The van der Waals surface area contributed by atoms with Gasteiger partial charge in [-0.2, -0.15) is 0 Å². The van der Waals surface area contributed by atoms with Gasteiger partial charge in [0.15, 0.2) is 5.69 Å². The van der Waals surface area contributed by atoms with E-state index < -0.39 is 17.2 Å². The molecule has 1 atom stereocenters. The van der Waals surface area contributed by atoms with Gasteiger partial charge < -0.3 is 15.2 Å². The molecule has 0 spiro atoms. The number of hydrogen-bond donors (Lipinski definition) is 1. The van der Waals surface area contributed by atoms with Gasteiger partial charge in [0.25, 0.3) is 5.91 Å². The van der Waals surface area contributed by atoms with Crippen LogP contribution in [-0.4, -0.2) is 36.1 Å². The molecule has 4 rings (SSSR count). The smallest absolute Gasteiger partial charge is 0.357 e. The molecule has 4 heterocycles. The van der Waals surface area contributed by atoms with Crippen LogP contribution in [0.4, 0.5) is 5.69 Å². The van der Waals surface area contributed by atoms with Crippen LogP contribution in [-0.2, 0) is 14.3 Å². The van der Waals surface area contributed by atoms with Crippen molar-refractivity contribution in [1.82, 2.24) is 4.57 Å². The Labute approximate surface area is 189 Å². The average molecular weight is 475 g/mol. The third kappa shape index (κ3) is 3.71. The zero-order valence-corrected chi connectivity index (χ0v) is 19.1. The number of thioether (sulfide) groups is 1. The van der Waals surface area contributed by atoms with Crippen LogP contribution in [0.1, 0.15) is 37.2 Å². The first-order chi connectivity index (χ1) is 15.0. The summed E-state index contributed by atoms with van der Waals surface area (Å²) in [4.78, 5) is 41.0. The van der Waals surface area contributed by atoms with Gasteiger partial charge in [-0.15, -0.1) is 22.7 Å². The number of carbonyl (C=O) groups excluding carboxylic acids is 3. The van der Waals surface area contributed by atoms with Crippen molar-refractivity contribution in [2.24, 2.45) is 0 Å². The summed E-state index contributed by atoms with van der Waals surface area (Å²) < 4.78 is 11.4. The number of nitrogens with zero attached hydrogens (tertiary/aromatic N) is 1. The monoisotopic (exact) mass is 474 g/mol. The van der Waals surface area contributed by atoms with E-state index in [1.165, 1.54) is 34.4 Å². The molecular weight excluding hydrogens is 456 g/mol. The molecule has 7 nitrogen and oxygen atoms in total. The van der Waals surface area contributed by atoms with Crippen LogP contribution in [0, 0.1) is 0 Å². The fourth-order valence-electron chi connectivity index (χ4n) is 3.31. The Morgan fingerprint density at radius 2 is 1.94 bits per heavy atom. The van der Waals surface area contributed by atoms with Crippen molar-refractivity contribution in [1.29, 1.82) is 0 Å². The summed E-state index contributed by atoms with van der Waals surface area (Å²) in [5.41, 5.74) is 6.36. The first-order valence-corrected chi connectivity index (χ1v) is 11.9. The van der Waals surface area contributed by atoms with E-state index in [0.29, 0.717) is 5.22 Å². The van der Waals surface area contributed by atoms with Crippen LogP contribution in [0.3, 0.4) is 0 Å². The van der Waals surface area contributed by atoms with Crippen LogP contribution in [0.5, 0.6) is 0 Å². The number of fused-ring (bicyclic) bond motifs is 1. The van der Waals surface area contributed by atoms with Gasteiger partial charge in [-0.05, 0) is 35.9 Å². The molecule has 0 radical (unpaired) electrons. The second-order valence-electron chi connectivity index (χ2n) is 6.41.